The number of benzene rings is 1. The van der Waals surface area contributed by atoms with Crippen molar-refractivity contribution in [2.45, 2.75) is 6.92 Å². The average Bonchev–Trinajstić information content (AvgIpc) is 2.68. The molecule has 0 saturated heterocycles. The summed E-state index contributed by atoms with van der Waals surface area (Å²) in [5, 5.41) is 6.54. The van der Waals surface area contributed by atoms with Crippen LogP contribution in [0.4, 0.5) is 11.6 Å². The van der Waals surface area contributed by atoms with E-state index < -0.39 is 0 Å². The molecule has 0 fully saturated rings. The van der Waals surface area contributed by atoms with E-state index in [1.54, 1.807) is 25.2 Å². The molecule has 0 unspecified atom stereocenters. The fraction of sp³-hybridized carbons (Fsp3) is 0.182. The summed E-state index contributed by atoms with van der Waals surface area (Å²) in [6.45, 7) is 1.85. The Morgan fingerprint density at radius 2 is 2.24 bits per heavy atom. The van der Waals surface area contributed by atoms with Crippen LogP contribution in [0.1, 0.15) is 15.9 Å². The topological polar surface area (TPSA) is 85.8 Å². The number of nitrogens with zero attached hydrogens (tertiary/aromatic N) is 3. The quantitative estimate of drug-likeness (QED) is 0.754. The number of carbonyl (C=O) groups excluding carboxylic acids is 1. The van der Waals surface area contributed by atoms with Gasteiger partial charge in [-0.05, 0) is 24.6 Å². The molecule has 3 N–H and O–H groups in total. The molecule has 6 heteroatoms. The van der Waals surface area contributed by atoms with Gasteiger partial charge < -0.3 is 5.73 Å². The van der Waals surface area contributed by atoms with E-state index in [1.807, 2.05) is 6.92 Å². The number of hydrogen-bond acceptors (Lipinski definition) is 4. The molecule has 0 aliphatic heterocycles. The Kier molecular flexibility index (Phi) is 2.78. The summed E-state index contributed by atoms with van der Waals surface area (Å²) in [7, 11) is 1.70. The van der Waals surface area contributed by atoms with Crippen LogP contribution in [0.15, 0.2) is 24.5 Å². The van der Waals surface area contributed by atoms with Crippen LogP contribution >= 0.6 is 0 Å². The fourth-order valence-corrected chi connectivity index (χ4v) is 1.46. The molecule has 88 valence electrons. The maximum Gasteiger partial charge on any atom is 0.258 e. The first-order valence-electron chi connectivity index (χ1n) is 5.09. The number of hydrogen-bond donors (Lipinski definition) is 2. The van der Waals surface area contributed by atoms with E-state index in [0.717, 1.165) is 5.56 Å². The zero-order valence-corrected chi connectivity index (χ0v) is 9.64. The number of anilines is 2. The lowest BCUT2D eigenvalue weighted by Gasteiger charge is -2.07. The molecule has 1 amide bonds. The number of amides is 1. The lowest BCUT2D eigenvalue weighted by molar-refractivity contribution is 0.102. The number of rotatable bonds is 2. The Labute approximate surface area is 98.5 Å². The summed E-state index contributed by atoms with van der Waals surface area (Å²) in [4.78, 5) is 15.9. The third-order valence-electron chi connectivity index (χ3n) is 2.44. The predicted molar refractivity (Wildman–Crippen MR) is 64.5 cm³/mol. The van der Waals surface area contributed by atoms with Crippen molar-refractivity contribution >= 4 is 17.5 Å². The third kappa shape index (κ3) is 2.25. The molecule has 1 aromatic heterocycles. The van der Waals surface area contributed by atoms with Crippen molar-refractivity contribution in [3.8, 4) is 0 Å². The second-order valence-electron chi connectivity index (χ2n) is 3.74. The van der Waals surface area contributed by atoms with Gasteiger partial charge in [0, 0.05) is 18.3 Å². The Bertz CT molecular complexity index is 561. The number of nitrogens with one attached hydrogen (secondary N) is 1. The van der Waals surface area contributed by atoms with Gasteiger partial charge >= 0.3 is 0 Å². The van der Waals surface area contributed by atoms with E-state index >= 15 is 0 Å². The van der Waals surface area contributed by atoms with Gasteiger partial charge in [0.15, 0.2) is 0 Å². The minimum atomic E-state index is -0.245. The summed E-state index contributed by atoms with van der Waals surface area (Å²) in [5.41, 5.74) is 7.61. The fourth-order valence-electron chi connectivity index (χ4n) is 1.46. The van der Waals surface area contributed by atoms with Crippen LogP contribution in [0, 0.1) is 6.92 Å². The highest BCUT2D eigenvalue weighted by molar-refractivity contribution is 6.04. The van der Waals surface area contributed by atoms with Crippen LogP contribution in [0.2, 0.25) is 0 Å². The largest absolute Gasteiger partial charge is 0.399 e. The molecule has 1 heterocycles. The highest BCUT2D eigenvalue weighted by atomic mass is 16.1. The van der Waals surface area contributed by atoms with Gasteiger partial charge in [-0.15, -0.1) is 0 Å². The minimum absolute atomic E-state index is 0.245. The maximum atomic E-state index is 12.0. The van der Waals surface area contributed by atoms with Crippen molar-refractivity contribution in [3.05, 3.63) is 35.7 Å². The molecule has 0 aliphatic rings. The number of nitrogen functional groups attached to an aromatic ring is 1. The normalized spacial score (nSPS) is 10.2. The van der Waals surface area contributed by atoms with Gasteiger partial charge in [0.2, 0.25) is 5.95 Å². The van der Waals surface area contributed by atoms with E-state index in [0.29, 0.717) is 17.2 Å². The molecule has 17 heavy (non-hydrogen) atoms. The molecule has 2 rings (SSSR count). The van der Waals surface area contributed by atoms with E-state index in [-0.39, 0.29) is 5.91 Å². The summed E-state index contributed by atoms with van der Waals surface area (Å²) in [6, 6.07) is 5.20. The van der Waals surface area contributed by atoms with Crippen molar-refractivity contribution in [2.24, 2.45) is 7.05 Å². The van der Waals surface area contributed by atoms with Crippen LogP contribution in [-0.2, 0) is 7.05 Å². The zero-order valence-electron chi connectivity index (χ0n) is 9.64. The van der Waals surface area contributed by atoms with Crippen molar-refractivity contribution in [1.29, 1.82) is 0 Å². The lowest BCUT2D eigenvalue weighted by atomic mass is 10.1. The molecule has 0 spiro atoms. The first-order chi connectivity index (χ1) is 8.08. The average molecular weight is 231 g/mol. The van der Waals surface area contributed by atoms with Crippen molar-refractivity contribution in [2.75, 3.05) is 11.1 Å². The number of carbonyl (C=O) groups is 1. The van der Waals surface area contributed by atoms with Crippen LogP contribution in [0.25, 0.3) is 0 Å². The zero-order chi connectivity index (χ0) is 12.4. The smallest absolute Gasteiger partial charge is 0.258 e. The number of nitrogens with two attached hydrogens (primary N) is 1. The third-order valence-corrected chi connectivity index (χ3v) is 2.44. The molecular formula is C11H13N5O. The van der Waals surface area contributed by atoms with Gasteiger partial charge in [-0.2, -0.15) is 10.1 Å². The lowest BCUT2D eigenvalue weighted by Crippen LogP contribution is -2.16. The molecule has 0 atom stereocenters. The van der Waals surface area contributed by atoms with Gasteiger partial charge in [-0.1, -0.05) is 6.07 Å². The van der Waals surface area contributed by atoms with Gasteiger partial charge in [0.05, 0.1) is 0 Å². The van der Waals surface area contributed by atoms with Crippen LogP contribution in [-0.4, -0.2) is 20.7 Å². The molecule has 0 aliphatic carbocycles. The van der Waals surface area contributed by atoms with Crippen LogP contribution in [0.3, 0.4) is 0 Å². The van der Waals surface area contributed by atoms with E-state index in [2.05, 4.69) is 15.4 Å². The molecule has 6 nitrogen and oxygen atoms in total. The number of aryl methyl sites for hydroxylation is 2. The summed E-state index contributed by atoms with van der Waals surface area (Å²) < 4.78 is 1.49. The Balaban J connectivity index is 2.26. The van der Waals surface area contributed by atoms with Crippen molar-refractivity contribution in [1.82, 2.24) is 14.8 Å². The summed E-state index contributed by atoms with van der Waals surface area (Å²) in [5.74, 6) is 0.155. The van der Waals surface area contributed by atoms with E-state index in [4.69, 9.17) is 5.73 Å². The Morgan fingerprint density at radius 3 is 2.88 bits per heavy atom. The van der Waals surface area contributed by atoms with Crippen LogP contribution in [0.5, 0.6) is 0 Å². The van der Waals surface area contributed by atoms with Gasteiger partial charge in [0.25, 0.3) is 5.91 Å². The second kappa shape index (κ2) is 4.25. The van der Waals surface area contributed by atoms with Crippen LogP contribution < -0.4 is 11.1 Å². The second-order valence-corrected chi connectivity index (χ2v) is 3.74. The maximum absolute atomic E-state index is 12.0. The monoisotopic (exact) mass is 231 g/mol. The SMILES string of the molecule is Cc1ccc(N)cc1C(=O)Nc1ncnn1C. The van der Waals surface area contributed by atoms with Crippen molar-refractivity contribution in [3.63, 3.8) is 0 Å². The Morgan fingerprint density at radius 1 is 1.47 bits per heavy atom. The first-order valence-corrected chi connectivity index (χ1v) is 5.09. The van der Waals surface area contributed by atoms with E-state index in [9.17, 15) is 4.79 Å². The molecule has 0 saturated carbocycles. The molecular weight excluding hydrogens is 218 g/mol. The molecule has 0 radical (unpaired) electrons. The summed E-state index contributed by atoms with van der Waals surface area (Å²) >= 11 is 0. The van der Waals surface area contributed by atoms with Gasteiger partial charge in [-0.3, -0.25) is 10.1 Å². The Hall–Kier alpha value is -2.37. The first kappa shape index (κ1) is 11.1. The van der Waals surface area contributed by atoms with E-state index in [1.165, 1.54) is 11.0 Å². The highest BCUT2D eigenvalue weighted by Gasteiger charge is 2.11. The predicted octanol–water partition coefficient (Wildman–Crippen LogP) is 0.958. The van der Waals surface area contributed by atoms with Gasteiger partial charge in [-0.25, -0.2) is 4.68 Å². The summed E-state index contributed by atoms with van der Waals surface area (Å²) in [6.07, 6.45) is 1.38. The molecule has 1 aromatic carbocycles. The highest BCUT2D eigenvalue weighted by Crippen LogP contribution is 2.14. The minimum Gasteiger partial charge on any atom is -0.399 e. The standard InChI is InChI=1S/C11H13N5O/c1-7-3-4-8(12)5-9(7)10(17)15-11-13-6-14-16(11)2/h3-6H,12H2,1-2H3,(H,13,14,15,17). The number of aromatic nitrogens is 3. The van der Waals surface area contributed by atoms with Gasteiger partial charge in [0.1, 0.15) is 6.33 Å². The molecule has 0 bridgehead atoms. The molecule has 2 aromatic rings. The van der Waals surface area contributed by atoms with Crippen molar-refractivity contribution < 1.29 is 4.79 Å².